The van der Waals surface area contributed by atoms with Crippen LogP contribution in [0.3, 0.4) is 0 Å². The lowest BCUT2D eigenvalue weighted by molar-refractivity contribution is 0.280. The predicted octanol–water partition coefficient (Wildman–Crippen LogP) is 1.42. The first-order valence-corrected chi connectivity index (χ1v) is 5.56. The average molecular weight is 279 g/mol. The predicted molar refractivity (Wildman–Crippen MR) is 74.0 cm³/mol. The maximum atomic E-state index is 4.38. The summed E-state index contributed by atoms with van der Waals surface area (Å²) in [7, 11) is 0. The third-order valence-corrected chi connectivity index (χ3v) is 2.79. The minimum atomic E-state index is 0. The summed E-state index contributed by atoms with van der Waals surface area (Å²) in [4.78, 5) is 11.1. The Balaban J connectivity index is 0.00000128. The quantitative estimate of drug-likeness (QED) is 0.889. The topological polar surface area (TPSA) is 41.1 Å². The van der Waals surface area contributed by atoms with Crippen LogP contribution in [-0.2, 0) is 6.54 Å². The molecule has 1 N–H and O–H groups in total. The Morgan fingerprint density at radius 1 is 1.18 bits per heavy atom. The van der Waals surface area contributed by atoms with Crippen LogP contribution in [-0.4, -0.2) is 41.0 Å². The lowest BCUT2D eigenvalue weighted by Gasteiger charge is -2.19. The normalized spacial score (nSPS) is 16.5. The third-order valence-electron chi connectivity index (χ3n) is 2.79. The van der Waals surface area contributed by atoms with Gasteiger partial charge in [0.15, 0.2) is 0 Å². The first-order valence-electron chi connectivity index (χ1n) is 5.56. The van der Waals surface area contributed by atoms with Crippen molar-refractivity contribution < 1.29 is 0 Å². The van der Waals surface area contributed by atoms with E-state index in [-0.39, 0.29) is 24.8 Å². The summed E-state index contributed by atoms with van der Waals surface area (Å²) < 4.78 is 0. The van der Waals surface area contributed by atoms with E-state index < -0.39 is 0 Å². The van der Waals surface area contributed by atoms with Crippen molar-refractivity contribution in [2.45, 2.75) is 19.9 Å². The molecule has 1 aliphatic heterocycles. The van der Waals surface area contributed by atoms with Gasteiger partial charge in [-0.15, -0.1) is 24.8 Å². The molecule has 0 amide bonds. The number of rotatable bonds is 2. The molecule has 0 aromatic carbocycles. The fourth-order valence-electron chi connectivity index (χ4n) is 1.86. The molecule has 0 saturated carbocycles. The van der Waals surface area contributed by atoms with Gasteiger partial charge >= 0.3 is 0 Å². The molecule has 1 saturated heterocycles. The number of hydrogen-bond donors (Lipinski definition) is 1. The molecular weight excluding hydrogens is 259 g/mol. The van der Waals surface area contributed by atoms with Crippen LogP contribution < -0.4 is 5.32 Å². The highest BCUT2D eigenvalue weighted by atomic mass is 35.5. The lowest BCUT2D eigenvalue weighted by atomic mass is 10.3. The van der Waals surface area contributed by atoms with Crippen molar-refractivity contribution in [1.29, 1.82) is 0 Å². The zero-order valence-corrected chi connectivity index (χ0v) is 11.7. The Hall–Kier alpha value is -0.420. The maximum absolute atomic E-state index is 4.38. The first-order chi connectivity index (χ1) is 7.36. The van der Waals surface area contributed by atoms with Crippen molar-refractivity contribution >= 4 is 24.8 Å². The smallest absolute Gasteiger partial charge is 0.0756 e. The molecule has 17 heavy (non-hydrogen) atoms. The van der Waals surface area contributed by atoms with Gasteiger partial charge in [-0.25, -0.2) is 0 Å². The van der Waals surface area contributed by atoms with Gasteiger partial charge in [-0.3, -0.25) is 14.9 Å². The molecule has 1 aliphatic rings. The average Bonchev–Trinajstić information content (AvgIpc) is 2.50. The highest BCUT2D eigenvalue weighted by molar-refractivity contribution is 5.85. The molecule has 0 spiro atoms. The van der Waals surface area contributed by atoms with Crippen LogP contribution in [0.25, 0.3) is 0 Å². The molecule has 1 aromatic heterocycles. The molecule has 4 nitrogen and oxygen atoms in total. The first kappa shape index (κ1) is 16.6. The van der Waals surface area contributed by atoms with Crippen molar-refractivity contribution in [3.8, 4) is 0 Å². The minimum absolute atomic E-state index is 0. The summed E-state index contributed by atoms with van der Waals surface area (Å²) in [6, 6.07) is 0. The Morgan fingerprint density at radius 2 is 1.94 bits per heavy atom. The van der Waals surface area contributed by atoms with Gasteiger partial charge in [-0.2, -0.15) is 0 Å². The van der Waals surface area contributed by atoms with E-state index in [1.54, 1.807) is 12.4 Å². The number of aryl methyl sites for hydroxylation is 1. The summed E-state index contributed by atoms with van der Waals surface area (Å²) >= 11 is 0. The molecule has 2 heterocycles. The highest BCUT2D eigenvalue weighted by Gasteiger charge is 2.10. The van der Waals surface area contributed by atoms with E-state index >= 15 is 0 Å². The number of hydrogen-bond acceptors (Lipinski definition) is 4. The lowest BCUT2D eigenvalue weighted by Crippen LogP contribution is -2.28. The Kier molecular flexibility index (Phi) is 8.43. The van der Waals surface area contributed by atoms with Crippen LogP contribution in [0.2, 0.25) is 0 Å². The number of halogens is 2. The summed E-state index contributed by atoms with van der Waals surface area (Å²) in [5.74, 6) is 0. The Morgan fingerprint density at radius 3 is 2.71 bits per heavy atom. The summed E-state index contributed by atoms with van der Waals surface area (Å²) in [6.07, 6.45) is 4.75. The summed E-state index contributed by atoms with van der Waals surface area (Å²) in [5.41, 5.74) is 2.16. The molecular formula is C11H20Cl2N4. The van der Waals surface area contributed by atoms with Crippen molar-refractivity contribution in [2.24, 2.45) is 0 Å². The van der Waals surface area contributed by atoms with E-state index in [1.165, 1.54) is 6.42 Å². The number of nitrogens with zero attached hydrogens (tertiary/aromatic N) is 3. The molecule has 0 bridgehead atoms. The summed E-state index contributed by atoms with van der Waals surface area (Å²) in [5, 5.41) is 3.40. The summed E-state index contributed by atoms with van der Waals surface area (Å²) in [6.45, 7) is 7.44. The van der Waals surface area contributed by atoms with Crippen LogP contribution in [0.4, 0.5) is 0 Å². The van der Waals surface area contributed by atoms with Gasteiger partial charge in [-0.05, 0) is 26.4 Å². The highest BCUT2D eigenvalue weighted by Crippen LogP contribution is 2.06. The molecule has 1 aromatic rings. The van der Waals surface area contributed by atoms with Crippen LogP contribution in [0.5, 0.6) is 0 Å². The molecule has 0 unspecified atom stereocenters. The maximum Gasteiger partial charge on any atom is 0.0756 e. The van der Waals surface area contributed by atoms with Gasteiger partial charge in [0.05, 0.1) is 11.4 Å². The SMILES string of the molecule is Cc1nccnc1CN1CCCNCC1.Cl.Cl. The van der Waals surface area contributed by atoms with Crippen LogP contribution >= 0.6 is 24.8 Å². The van der Waals surface area contributed by atoms with E-state index in [4.69, 9.17) is 0 Å². The van der Waals surface area contributed by atoms with E-state index in [1.807, 2.05) is 6.92 Å². The fraction of sp³-hybridized carbons (Fsp3) is 0.636. The second-order valence-corrected chi connectivity index (χ2v) is 3.97. The molecule has 2 rings (SSSR count). The second kappa shape index (κ2) is 8.64. The van der Waals surface area contributed by atoms with Crippen LogP contribution in [0, 0.1) is 6.92 Å². The van der Waals surface area contributed by atoms with Gasteiger partial charge in [0, 0.05) is 32.0 Å². The van der Waals surface area contributed by atoms with Crippen molar-refractivity contribution in [2.75, 3.05) is 26.2 Å². The minimum Gasteiger partial charge on any atom is -0.315 e. The standard InChI is InChI=1S/C11H18N4.2ClH/c1-10-11(14-5-4-13-10)9-15-7-2-3-12-6-8-15;;/h4-5,12H,2-3,6-9H2,1H3;2*1H. The van der Waals surface area contributed by atoms with Gasteiger partial charge in [0.25, 0.3) is 0 Å². The molecule has 0 radical (unpaired) electrons. The molecule has 6 heteroatoms. The van der Waals surface area contributed by atoms with E-state index in [0.717, 1.165) is 44.1 Å². The van der Waals surface area contributed by atoms with Gasteiger partial charge in [0.1, 0.15) is 0 Å². The Bertz CT molecular complexity index is 314. The van der Waals surface area contributed by atoms with Gasteiger partial charge in [0.2, 0.25) is 0 Å². The monoisotopic (exact) mass is 278 g/mol. The van der Waals surface area contributed by atoms with Crippen molar-refractivity contribution in [1.82, 2.24) is 20.2 Å². The van der Waals surface area contributed by atoms with Crippen LogP contribution in [0.15, 0.2) is 12.4 Å². The van der Waals surface area contributed by atoms with Gasteiger partial charge in [-0.1, -0.05) is 0 Å². The molecule has 0 aliphatic carbocycles. The van der Waals surface area contributed by atoms with Crippen molar-refractivity contribution in [3.05, 3.63) is 23.8 Å². The van der Waals surface area contributed by atoms with E-state index in [9.17, 15) is 0 Å². The largest absolute Gasteiger partial charge is 0.315 e. The van der Waals surface area contributed by atoms with Crippen molar-refractivity contribution in [3.63, 3.8) is 0 Å². The van der Waals surface area contributed by atoms with E-state index in [0.29, 0.717) is 0 Å². The van der Waals surface area contributed by atoms with Gasteiger partial charge < -0.3 is 5.32 Å². The third kappa shape index (κ3) is 5.17. The number of aromatic nitrogens is 2. The second-order valence-electron chi connectivity index (χ2n) is 3.97. The molecule has 1 fully saturated rings. The molecule has 0 atom stereocenters. The molecule has 98 valence electrons. The number of nitrogens with one attached hydrogen (secondary N) is 1. The van der Waals surface area contributed by atoms with Crippen LogP contribution in [0.1, 0.15) is 17.8 Å². The fourth-order valence-corrected chi connectivity index (χ4v) is 1.86. The zero-order valence-electron chi connectivity index (χ0n) is 10.1. The Labute approximate surface area is 115 Å². The zero-order chi connectivity index (χ0) is 10.5. The van der Waals surface area contributed by atoms with E-state index in [2.05, 4.69) is 20.2 Å².